The molecule has 1 aromatic rings. The normalized spacial score (nSPS) is 20.6. The lowest BCUT2D eigenvalue weighted by atomic mass is 9.92. The molecule has 2 N–H and O–H groups in total. The van der Waals surface area contributed by atoms with Crippen LogP contribution < -0.4 is 11.3 Å². The van der Waals surface area contributed by atoms with E-state index in [-0.39, 0.29) is 11.6 Å². The highest BCUT2D eigenvalue weighted by Crippen LogP contribution is 2.18. The molecule has 0 amide bonds. The van der Waals surface area contributed by atoms with Gasteiger partial charge in [0.1, 0.15) is 0 Å². The van der Waals surface area contributed by atoms with Crippen LogP contribution in [0.4, 0.5) is 0 Å². The Morgan fingerprint density at radius 1 is 1.57 bits per heavy atom. The molecular formula is C11H16N2O. The molecule has 1 aliphatic rings. The zero-order valence-electron chi connectivity index (χ0n) is 8.49. The number of rotatable bonds is 1. The van der Waals surface area contributed by atoms with E-state index < -0.39 is 0 Å². The van der Waals surface area contributed by atoms with Crippen LogP contribution in [0, 0.1) is 0 Å². The molecule has 0 radical (unpaired) electrons. The van der Waals surface area contributed by atoms with Crippen molar-refractivity contribution in [2.45, 2.75) is 38.8 Å². The second-order valence-corrected chi connectivity index (χ2v) is 3.89. The summed E-state index contributed by atoms with van der Waals surface area (Å²) in [5.41, 5.74) is 8.46. The SMILES string of the molecule is CCn1c2c(ccc1=O)C[C@@H](N)CC2. The summed E-state index contributed by atoms with van der Waals surface area (Å²) in [6, 6.07) is 3.86. The van der Waals surface area contributed by atoms with Gasteiger partial charge in [0, 0.05) is 24.3 Å². The zero-order valence-corrected chi connectivity index (χ0v) is 8.49. The predicted octanol–water partition coefficient (Wildman–Crippen LogP) is 0.684. The molecule has 0 saturated heterocycles. The Kier molecular flexibility index (Phi) is 2.42. The molecule has 0 spiro atoms. The number of fused-ring (bicyclic) bond motifs is 1. The van der Waals surface area contributed by atoms with Crippen molar-refractivity contribution in [2.24, 2.45) is 5.73 Å². The molecule has 0 fully saturated rings. The van der Waals surface area contributed by atoms with Crippen molar-refractivity contribution in [3.05, 3.63) is 33.7 Å². The van der Waals surface area contributed by atoms with Crippen LogP contribution in [0.2, 0.25) is 0 Å². The molecule has 0 bridgehead atoms. The highest BCUT2D eigenvalue weighted by Gasteiger charge is 2.17. The molecule has 1 atom stereocenters. The van der Waals surface area contributed by atoms with Crippen molar-refractivity contribution in [1.82, 2.24) is 4.57 Å². The summed E-state index contributed by atoms with van der Waals surface area (Å²) in [5, 5.41) is 0. The van der Waals surface area contributed by atoms with E-state index in [1.54, 1.807) is 6.07 Å². The number of pyridine rings is 1. The Morgan fingerprint density at radius 2 is 2.36 bits per heavy atom. The van der Waals surface area contributed by atoms with E-state index in [1.807, 2.05) is 17.6 Å². The molecule has 1 aromatic heterocycles. The Morgan fingerprint density at radius 3 is 3.07 bits per heavy atom. The Balaban J connectivity index is 2.52. The average molecular weight is 192 g/mol. The highest BCUT2D eigenvalue weighted by molar-refractivity contribution is 5.25. The van der Waals surface area contributed by atoms with Crippen molar-refractivity contribution >= 4 is 0 Å². The molecule has 3 nitrogen and oxygen atoms in total. The molecule has 1 aliphatic carbocycles. The number of hydrogen-bond donors (Lipinski definition) is 1. The van der Waals surface area contributed by atoms with Crippen LogP contribution in [0.1, 0.15) is 24.6 Å². The molecule has 14 heavy (non-hydrogen) atoms. The van der Waals surface area contributed by atoms with Gasteiger partial charge in [-0.15, -0.1) is 0 Å². The van der Waals surface area contributed by atoms with E-state index in [2.05, 4.69) is 0 Å². The standard InChI is InChI=1S/C11H16N2O/c1-2-13-10-5-4-9(12)7-8(10)3-6-11(13)14/h3,6,9H,2,4-5,7,12H2,1H3/t9-/m0/s1. The van der Waals surface area contributed by atoms with Gasteiger partial charge in [0.05, 0.1) is 0 Å². The second kappa shape index (κ2) is 3.58. The van der Waals surface area contributed by atoms with E-state index in [0.717, 1.165) is 25.8 Å². The Bertz CT molecular complexity index is 395. The molecule has 0 saturated carbocycles. The van der Waals surface area contributed by atoms with E-state index in [0.29, 0.717) is 0 Å². The van der Waals surface area contributed by atoms with Crippen molar-refractivity contribution in [1.29, 1.82) is 0 Å². The molecular weight excluding hydrogens is 176 g/mol. The summed E-state index contributed by atoms with van der Waals surface area (Å²) in [6.07, 6.45) is 2.85. The van der Waals surface area contributed by atoms with E-state index in [9.17, 15) is 4.79 Å². The maximum Gasteiger partial charge on any atom is 0.250 e. The third kappa shape index (κ3) is 1.48. The smallest absolute Gasteiger partial charge is 0.250 e. The van der Waals surface area contributed by atoms with Crippen LogP contribution in [0.3, 0.4) is 0 Å². The van der Waals surface area contributed by atoms with Gasteiger partial charge in [-0.25, -0.2) is 0 Å². The molecule has 2 rings (SSSR count). The fraction of sp³-hybridized carbons (Fsp3) is 0.545. The number of nitrogens with two attached hydrogens (primary N) is 1. The van der Waals surface area contributed by atoms with Gasteiger partial charge in [0.25, 0.3) is 5.56 Å². The lowest BCUT2D eigenvalue weighted by Crippen LogP contribution is -2.33. The van der Waals surface area contributed by atoms with E-state index >= 15 is 0 Å². The van der Waals surface area contributed by atoms with Crippen LogP contribution in [0.5, 0.6) is 0 Å². The highest BCUT2D eigenvalue weighted by atomic mass is 16.1. The zero-order chi connectivity index (χ0) is 10.1. The van der Waals surface area contributed by atoms with E-state index in [1.165, 1.54) is 11.3 Å². The van der Waals surface area contributed by atoms with Crippen molar-refractivity contribution < 1.29 is 0 Å². The van der Waals surface area contributed by atoms with Gasteiger partial charge in [-0.3, -0.25) is 4.79 Å². The molecule has 3 heteroatoms. The molecule has 1 heterocycles. The first-order valence-corrected chi connectivity index (χ1v) is 5.19. The lowest BCUT2D eigenvalue weighted by molar-refractivity contribution is 0.532. The van der Waals surface area contributed by atoms with Crippen molar-refractivity contribution in [3.63, 3.8) is 0 Å². The summed E-state index contributed by atoms with van der Waals surface area (Å²) in [7, 11) is 0. The third-order valence-corrected chi connectivity index (χ3v) is 2.94. The van der Waals surface area contributed by atoms with Crippen LogP contribution in [0.15, 0.2) is 16.9 Å². The van der Waals surface area contributed by atoms with Gasteiger partial charge in [-0.05, 0) is 31.7 Å². The molecule has 0 aliphatic heterocycles. The van der Waals surface area contributed by atoms with Gasteiger partial charge in [-0.1, -0.05) is 6.07 Å². The van der Waals surface area contributed by atoms with E-state index in [4.69, 9.17) is 5.73 Å². The van der Waals surface area contributed by atoms with Gasteiger partial charge < -0.3 is 10.3 Å². The minimum absolute atomic E-state index is 0.113. The van der Waals surface area contributed by atoms with Crippen molar-refractivity contribution in [3.8, 4) is 0 Å². The van der Waals surface area contributed by atoms with Crippen LogP contribution >= 0.6 is 0 Å². The Labute approximate surface area is 83.5 Å². The fourth-order valence-electron chi connectivity index (χ4n) is 2.20. The minimum Gasteiger partial charge on any atom is -0.327 e. The first-order chi connectivity index (χ1) is 6.72. The summed E-state index contributed by atoms with van der Waals surface area (Å²) >= 11 is 0. The summed E-state index contributed by atoms with van der Waals surface area (Å²) in [4.78, 5) is 11.5. The third-order valence-electron chi connectivity index (χ3n) is 2.94. The van der Waals surface area contributed by atoms with Gasteiger partial charge >= 0.3 is 0 Å². The number of aromatic nitrogens is 1. The number of nitrogens with zero attached hydrogens (tertiary/aromatic N) is 1. The maximum atomic E-state index is 11.5. The quantitative estimate of drug-likeness (QED) is 0.711. The lowest BCUT2D eigenvalue weighted by Gasteiger charge is -2.24. The van der Waals surface area contributed by atoms with Gasteiger partial charge in [-0.2, -0.15) is 0 Å². The molecule has 76 valence electrons. The van der Waals surface area contributed by atoms with Gasteiger partial charge in [0.2, 0.25) is 0 Å². The minimum atomic E-state index is 0.113. The molecule has 0 aromatic carbocycles. The number of hydrogen-bond acceptors (Lipinski definition) is 2. The van der Waals surface area contributed by atoms with Crippen LogP contribution in [-0.4, -0.2) is 10.6 Å². The van der Waals surface area contributed by atoms with Crippen LogP contribution in [-0.2, 0) is 19.4 Å². The van der Waals surface area contributed by atoms with Crippen molar-refractivity contribution in [2.75, 3.05) is 0 Å². The largest absolute Gasteiger partial charge is 0.327 e. The van der Waals surface area contributed by atoms with Crippen LogP contribution in [0.25, 0.3) is 0 Å². The van der Waals surface area contributed by atoms with Gasteiger partial charge in [0.15, 0.2) is 0 Å². The Hall–Kier alpha value is -1.09. The first-order valence-electron chi connectivity index (χ1n) is 5.19. The molecule has 0 unspecified atom stereocenters. The first kappa shape index (κ1) is 9.46. The average Bonchev–Trinajstić information content (AvgIpc) is 2.18. The predicted molar refractivity (Wildman–Crippen MR) is 56.4 cm³/mol. The summed E-state index contributed by atoms with van der Waals surface area (Å²) < 4.78 is 1.86. The summed E-state index contributed by atoms with van der Waals surface area (Å²) in [5.74, 6) is 0. The monoisotopic (exact) mass is 192 g/mol. The second-order valence-electron chi connectivity index (χ2n) is 3.89. The maximum absolute atomic E-state index is 11.5. The fourth-order valence-corrected chi connectivity index (χ4v) is 2.20. The summed E-state index contributed by atoms with van der Waals surface area (Å²) in [6.45, 7) is 2.77. The topological polar surface area (TPSA) is 48.0 Å².